The molecule has 0 saturated heterocycles. The van der Waals surface area contributed by atoms with Crippen molar-refractivity contribution >= 4 is 18.6 Å². The highest BCUT2D eigenvalue weighted by Gasteiger charge is 2.09. The predicted octanol–water partition coefficient (Wildman–Crippen LogP) is 0.817. The van der Waals surface area contributed by atoms with Crippen molar-refractivity contribution < 1.29 is 19.7 Å². The highest BCUT2D eigenvalue weighted by molar-refractivity contribution is 5.88. The number of benzene rings is 2. The molecule has 0 spiro atoms. The fourth-order valence-corrected chi connectivity index (χ4v) is 2.55. The van der Waals surface area contributed by atoms with Gasteiger partial charge < -0.3 is 14.9 Å². The van der Waals surface area contributed by atoms with Crippen LogP contribution in [-0.4, -0.2) is 33.1 Å². The van der Waals surface area contributed by atoms with Crippen molar-refractivity contribution in [2.45, 2.75) is 0 Å². The Kier molecular flexibility index (Phi) is 4.36. The topological polar surface area (TPSA) is 105 Å². The number of hydrogen-bond acceptors (Lipinski definition) is 4. The van der Waals surface area contributed by atoms with E-state index in [0.717, 1.165) is 0 Å². The van der Waals surface area contributed by atoms with Gasteiger partial charge in [0.1, 0.15) is 0 Å². The second-order valence-electron chi connectivity index (χ2n) is 5.58. The molecule has 0 aliphatic carbocycles. The van der Waals surface area contributed by atoms with E-state index >= 15 is 0 Å². The molecule has 0 fully saturated rings. The number of phenols is 1. The Morgan fingerprint density at radius 1 is 1.27 bits per heavy atom. The lowest BCUT2D eigenvalue weighted by molar-refractivity contribution is 0.0697. The van der Waals surface area contributed by atoms with E-state index in [1.807, 2.05) is 0 Å². The van der Waals surface area contributed by atoms with Crippen molar-refractivity contribution in [1.29, 1.82) is 0 Å². The number of ether oxygens (including phenoxy) is 1. The maximum atomic E-state index is 12.7. The molecule has 132 valence electrons. The zero-order chi connectivity index (χ0) is 18.8. The molecule has 0 aliphatic rings. The average Bonchev–Trinajstić information content (AvgIpc) is 2.91. The lowest BCUT2D eigenvalue weighted by Gasteiger charge is -2.03. The van der Waals surface area contributed by atoms with Crippen molar-refractivity contribution in [2.75, 3.05) is 7.11 Å². The number of H-pyrrole nitrogens is 1. The third-order valence-electron chi connectivity index (χ3n) is 3.87. The van der Waals surface area contributed by atoms with E-state index in [-0.39, 0.29) is 22.6 Å². The molecule has 0 bridgehead atoms. The minimum atomic E-state index is -1.08. The molecule has 26 heavy (non-hydrogen) atoms. The van der Waals surface area contributed by atoms with Gasteiger partial charge in [-0.1, -0.05) is 18.7 Å². The van der Waals surface area contributed by atoms with Crippen molar-refractivity contribution in [3.63, 3.8) is 0 Å². The van der Waals surface area contributed by atoms with Crippen molar-refractivity contribution in [2.24, 2.45) is 0 Å². The Balaban J connectivity index is 2.15. The minimum absolute atomic E-state index is 0.00328. The van der Waals surface area contributed by atoms with Crippen LogP contribution in [0.2, 0.25) is 0 Å². The Morgan fingerprint density at radius 3 is 2.73 bits per heavy atom. The van der Waals surface area contributed by atoms with Crippen LogP contribution >= 0.6 is 0 Å². The second-order valence-corrected chi connectivity index (χ2v) is 5.58. The monoisotopic (exact) mass is 352 g/mol. The van der Waals surface area contributed by atoms with Crippen LogP contribution in [0.3, 0.4) is 0 Å². The number of carboxylic acids is 1. The summed E-state index contributed by atoms with van der Waals surface area (Å²) in [6.45, 7) is 3.84. The summed E-state index contributed by atoms with van der Waals surface area (Å²) in [4.78, 5) is 23.9. The number of rotatable bonds is 4. The molecular weight excluding hydrogens is 336 g/mol. The molecule has 0 aliphatic heterocycles. The molecule has 7 nitrogen and oxygen atoms in total. The Hall–Kier alpha value is -3.74. The van der Waals surface area contributed by atoms with E-state index in [4.69, 9.17) is 9.84 Å². The number of carbonyl (C=O) groups is 1. The summed E-state index contributed by atoms with van der Waals surface area (Å²) in [5.41, 5.74) is 0.739. The highest BCUT2D eigenvalue weighted by Crippen LogP contribution is 2.26. The maximum absolute atomic E-state index is 12.7. The number of aromatic nitrogens is 2. The van der Waals surface area contributed by atoms with E-state index in [0.29, 0.717) is 21.8 Å². The Morgan fingerprint density at radius 2 is 2.04 bits per heavy atom. The van der Waals surface area contributed by atoms with Gasteiger partial charge >= 0.3 is 5.97 Å². The van der Waals surface area contributed by atoms with E-state index in [1.54, 1.807) is 30.3 Å². The number of nitrogens with one attached hydrogen (secondary N) is 1. The van der Waals surface area contributed by atoms with E-state index < -0.39 is 5.97 Å². The minimum Gasteiger partial charge on any atom is -0.504 e. The first kappa shape index (κ1) is 17.1. The third kappa shape index (κ3) is 3.10. The second kappa shape index (κ2) is 6.64. The lowest BCUT2D eigenvalue weighted by atomic mass is 10.1. The molecule has 0 amide bonds. The summed E-state index contributed by atoms with van der Waals surface area (Å²) in [6.07, 6.45) is 1.61. The molecule has 7 heteroatoms. The number of aromatic hydroxyl groups is 1. The zero-order valence-electron chi connectivity index (χ0n) is 13.9. The Labute approximate surface area is 147 Å². The van der Waals surface area contributed by atoms with Gasteiger partial charge in [-0.05, 0) is 42.0 Å². The van der Waals surface area contributed by atoms with Crippen LogP contribution in [0, 0.1) is 0 Å². The molecule has 0 unspecified atom stereocenters. The smallest absolute Gasteiger partial charge is 0.335 e. The van der Waals surface area contributed by atoms with Gasteiger partial charge in [0.15, 0.2) is 11.5 Å². The molecule has 3 rings (SSSR count). The quantitative estimate of drug-likeness (QED) is 0.645. The molecule has 2 aromatic carbocycles. The van der Waals surface area contributed by atoms with E-state index in [9.17, 15) is 14.7 Å². The molecule has 1 heterocycles. The highest BCUT2D eigenvalue weighted by atomic mass is 16.5. The maximum Gasteiger partial charge on any atom is 0.335 e. The fraction of sp³-hybridized carbons (Fsp3) is 0.0526. The molecule has 3 N–H and O–H groups in total. The number of aromatic amines is 1. The summed E-state index contributed by atoms with van der Waals surface area (Å²) >= 11 is 0. The van der Waals surface area contributed by atoms with Gasteiger partial charge in [0, 0.05) is 0 Å². The summed E-state index contributed by atoms with van der Waals surface area (Å²) in [5, 5.41) is 22.3. The van der Waals surface area contributed by atoms with Crippen LogP contribution in [0.25, 0.3) is 18.3 Å². The first-order chi connectivity index (χ1) is 12.4. The van der Waals surface area contributed by atoms with Gasteiger partial charge in [-0.2, -0.15) is 0 Å². The SMILES string of the molecule is C=c1[nH]n(-c2cccc(C(=O)O)c2)c(=O)c1=Cc1ccc(O)c(OC)c1. The van der Waals surface area contributed by atoms with Crippen LogP contribution < -0.4 is 20.9 Å². The molecule has 3 aromatic rings. The number of aromatic carboxylic acids is 1. The van der Waals surface area contributed by atoms with Crippen LogP contribution in [0.15, 0.2) is 47.3 Å². The number of phenolic OH excluding ortho intramolecular Hbond substituents is 1. The van der Waals surface area contributed by atoms with Gasteiger partial charge in [0.05, 0.1) is 28.9 Å². The molecular formula is C19H16N2O5. The largest absolute Gasteiger partial charge is 0.504 e. The van der Waals surface area contributed by atoms with Gasteiger partial charge in [-0.3, -0.25) is 9.89 Å². The fourth-order valence-electron chi connectivity index (χ4n) is 2.55. The molecule has 0 atom stereocenters. The Bertz CT molecular complexity index is 1160. The van der Waals surface area contributed by atoms with Gasteiger partial charge in [0.25, 0.3) is 5.56 Å². The summed E-state index contributed by atoms with van der Waals surface area (Å²) in [6, 6.07) is 10.7. The third-order valence-corrected chi connectivity index (χ3v) is 3.87. The predicted molar refractivity (Wildman–Crippen MR) is 96.3 cm³/mol. The first-order valence-corrected chi connectivity index (χ1v) is 7.63. The normalized spacial score (nSPS) is 11.5. The van der Waals surface area contributed by atoms with Crippen LogP contribution in [0.4, 0.5) is 0 Å². The van der Waals surface area contributed by atoms with Gasteiger partial charge in [-0.15, -0.1) is 0 Å². The van der Waals surface area contributed by atoms with E-state index in [1.165, 1.54) is 30.0 Å². The first-order valence-electron chi connectivity index (χ1n) is 7.63. The number of hydrogen-bond donors (Lipinski definition) is 3. The lowest BCUT2D eigenvalue weighted by Crippen LogP contribution is -2.34. The van der Waals surface area contributed by atoms with Crippen molar-refractivity contribution in [1.82, 2.24) is 9.78 Å². The summed E-state index contributed by atoms with van der Waals surface area (Å²) in [5.74, 6) is -0.796. The van der Waals surface area contributed by atoms with E-state index in [2.05, 4.69) is 11.7 Å². The zero-order valence-corrected chi connectivity index (χ0v) is 13.9. The number of methoxy groups -OCH3 is 1. The van der Waals surface area contributed by atoms with Crippen LogP contribution in [-0.2, 0) is 0 Å². The van der Waals surface area contributed by atoms with Crippen LogP contribution in [0.1, 0.15) is 15.9 Å². The van der Waals surface area contributed by atoms with Crippen molar-refractivity contribution in [3.8, 4) is 17.2 Å². The average molecular weight is 352 g/mol. The molecule has 1 aromatic heterocycles. The molecule has 0 radical (unpaired) electrons. The summed E-state index contributed by atoms with van der Waals surface area (Å²) < 4.78 is 6.30. The summed E-state index contributed by atoms with van der Waals surface area (Å²) in [7, 11) is 1.43. The molecule has 0 saturated carbocycles. The number of nitrogens with zero attached hydrogens (tertiary/aromatic N) is 1. The van der Waals surface area contributed by atoms with Crippen LogP contribution in [0.5, 0.6) is 11.5 Å². The number of carboxylic acid groups (broad SMARTS) is 1. The van der Waals surface area contributed by atoms with Crippen molar-refractivity contribution in [3.05, 3.63) is 74.5 Å². The standard InChI is InChI=1S/C19H16N2O5/c1-11-15(8-12-6-7-16(22)17(9-12)26-2)18(23)21(20-11)14-5-3-4-13(10-14)19(24)25/h3-10,20,22H,1H2,2H3,(H,24,25). The van der Waals surface area contributed by atoms with Gasteiger partial charge in [-0.25, -0.2) is 9.48 Å². The van der Waals surface area contributed by atoms with Gasteiger partial charge in [0.2, 0.25) is 0 Å².